The van der Waals surface area contributed by atoms with Crippen LogP contribution in [-0.4, -0.2) is 18.1 Å². The number of nitrogens with one attached hydrogen (secondary N) is 1. The Labute approximate surface area is 127 Å². The monoisotopic (exact) mass is 284 g/mol. The van der Waals surface area contributed by atoms with Gasteiger partial charge in [-0.15, -0.1) is 0 Å². The highest BCUT2D eigenvalue weighted by molar-refractivity contribution is 5.37. The maximum atomic E-state index is 5.69. The molecule has 3 heteroatoms. The van der Waals surface area contributed by atoms with Crippen molar-refractivity contribution in [2.45, 2.75) is 39.8 Å². The highest BCUT2D eigenvalue weighted by atomic mass is 16.5. The zero-order chi connectivity index (χ0) is 15.4. The van der Waals surface area contributed by atoms with E-state index < -0.39 is 0 Å². The van der Waals surface area contributed by atoms with E-state index in [-0.39, 0.29) is 12.1 Å². The van der Waals surface area contributed by atoms with Gasteiger partial charge in [-0.1, -0.05) is 18.2 Å². The lowest BCUT2D eigenvalue weighted by molar-refractivity contribution is 0.242. The normalized spacial score (nSPS) is 12.5. The van der Waals surface area contributed by atoms with Crippen molar-refractivity contribution in [3.63, 3.8) is 0 Å². The lowest BCUT2D eigenvalue weighted by Gasteiger charge is -2.20. The number of aryl methyl sites for hydroxylation is 2. The fourth-order valence-electron chi connectivity index (χ4n) is 2.52. The molecule has 2 rings (SSSR count). The second kappa shape index (κ2) is 6.72. The lowest BCUT2D eigenvalue weighted by Crippen LogP contribution is -2.19. The number of aromatic nitrogens is 1. The molecule has 0 saturated carbocycles. The molecule has 3 nitrogen and oxygen atoms in total. The van der Waals surface area contributed by atoms with E-state index in [1.54, 1.807) is 0 Å². The van der Waals surface area contributed by atoms with E-state index in [1.807, 2.05) is 40.0 Å². The molecule has 1 N–H and O–H groups in total. The molecule has 1 heterocycles. The van der Waals surface area contributed by atoms with E-state index >= 15 is 0 Å². The van der Waals surface area contributed by atoms with Gasteiger partial charge >= 0.3 is 0 Å². The van der Waals surface area contributed by atoms with Gasteiger partial charge in [0.1, 0.15) is 5.75 Å². The third-order valence-electron chi connectivity index (χ3n) is 3.45. The third kappa shape index (κ3) is 3.82. The maximum absolute atomic E-state index is 5.69. The molecule has 112 valence electrons. The van der Waals surface area contributed by atoms with Gasteiger partial charge in [0.05, 0.1) is 12.1 Å². The van der Waals surface area contributed by atoms with Crippen LogP contribution in [0.5, 0.6) is 5.75 Å². The molecule has 0 aliphatic rings. The van der Waals surface area contributed by atoms with Crippen molar-refractivity contribution in [3.05, 3.63) is 58.9 Å². The molecular formula is C18H24N2O. The Balaban J connectivity index is 2.28. The van der Waals surface area contributed by atoms with Crippen LogP contribution in [0.1, 0.15) is 42.4 Å². The van der Waals surface area contributed by atoms with Gasteiger partial charge in [0, 0.05) is 11.4 Å². The standard InChI is InChI=1S/C18H24N2O/c1-12(2)21-16-9-7-15(8-10-16)18(19-5)17-11-6-13(3)20-14(17)4/h6-12,18-19H,1-5H3. The van der Waals surface area contributed by atoms with Crippen LogP contribution < -0.4 is 10.1 Å². The molecule has 1 atom stereocenters. The van der Waals surface area contributed by atoms with Crippen LogP contribution >= 0.6 is 0 Å². The fraction of sp³-hybridized carbons (Fsp3) is 0.389. The molecule has 0 fully saturated rings. The van der Waals surface area contributed by atoms with Crippen LogP contribution in [0, 0.1) is 13.8 Å². The second-order valence-electron chi connectivity index (χ2n) is 5.58. The quantitative estimate of drug-likeness (QED) is 0.907. The smallest absolute Gasteiger partial charge is 0.119 e. The van der Waals surface area contributed by atoms with E-state index in [9.17, 15) is 0 Å². The van der Waals surface area contributed by atoms with E-state index in [2.05, 4.69) is 41.5 Å². The molecule has 0 saturated heterocycles. The minimum atomic E-state index is 0.145. The van der Waals surface area contributed by atoms with Gasteiger partial charge in [0.15, 0.2) is 0 Å². The van der Waals surface area contributed by atoms with Crippen molar-refractivity contribution >= 4 is 0 Å². The molecular weight excluding hydrogens is 260 g/mol. The number of pyridine rings is 1. The zero-order valence-electron chi connectivity index (χ0n) is 13.5. The molecule has 1 aromatic heterocycles. The van der Waals surface area contributed by atoms with Crippen LogP contribution in [-0.2, 0) is 0 Å². The molecule has 21 heavy (non-hydrogen) atoms. The van der Waals surface area contributed by atoms with Crippen LogP contribution in [0.4, 0.5) is 0 Å². The number of nitrogens with zero attached hydrogens (tertiary/aromatic N) is 1. The summed E-state index contributed by atoms with van der Waals surface area (Å²) in [5.74, 6) is 0.905. The minimum Gasteiger partial charge on any atom is -0.491 e. The Morgan fingerprint density at radius 2 is 1.67 bits per heavy atom. The van der Waals surface area contributed by atoms with Gasteiger partial charge in [-0.05, 0) is 64.1 Å². The van der Waals surface area contributed by atoms with Crippen molar-refractivity contribution < 1.29 is 4.74 Å². The summed E-state index contributed by atoms with van der Waals surface area (Å²) in [4.78, 5) is 4.56. The van der Waals surface area contributed by atoms with Crippen molar-refractivity contribution in [2.75, 3.05) is 7.05 Å². The Hall–Kier alpha value is -1.87. The van der Waals surface area contributed by atoms with Gasteiger partial charge in [0.25, 0.3) is 0 Å². The molecule has 0 bridgehead atoms. The highest BCUT2D eigenvalue weighted by Crippen LogP contribution is 2.26. The Bertz CT molecular complexity index is 591. The SMILES string of the molecule is CNC(c1ccc(OC(C)C)cc1)c1ccc(C)nc1C. The summed E-state index contributed by atoms with van der Waals surface area (Å²) in [5.41, 5.74) is 4.53. The van der Waals surface area contributed by atoms with Gasteiger partial charge in [0.2, 0.25) is 0 Å². The molecule has 0 amide bonds. The Kier molecular flexibility index (Phi) is 4.97. The molecule has 1 unspecified atom stereocenters. The van der Waals surface area contributed by atoms with Crippen LogP contribution in [0.3, 0.4) is 0 Å². The summed E-state index contributed by atoms with van der Waals surface area (Å²) in [7, 11) is 1.97. The van der Waals surface area contributed by atoms with Crippen molar-refractivity contribution in [2.24, 2.45) is 0 Å². The number of ether oxygens (including phenoxy) is 1. The third-order valence-corrected chi connectivity index (χ3v) is 3.45. The summed E-state index contributed by atoms with van der Waals surface area (Å²) >= 11 is 0. The summed E-state index contributed by atoms with van der Waals surface area (Å²) in [5, 5.41) is 3.37. The van der Waals surface area contributed by atoms with Crippen LogP contribution in [0.25, 0.3) is 0 Å². The Morgan fingerprint density at radius 1 is 1.00 bits per heavy atom. The van der Waals surface area contributed by atoms with E-state index in [4.69, 9.17) is 4.74 Å². The average Bonchev–Trinajstić information content (AvgIpc) is 2.43. The average molecular weight is 284 g/mol. The summed E-state index contributed by atoms with van der Waals surface area (Å²) in [6.07, 6.45) is 0.194. The molecule has 0 radical (unpaired) electrons. The topological polar surface area (TPSA) is 34.1 Å². The second-order valence-corrected chi connectivity index (χ2v) is 5.58. The van der Waals surface area contributed by atoms with Crippen LogP contribution in [0.15, 0.2) is 36.4 Å². The predicted octanol–water partition coefficient (Wildman–Crippen LogP) is 3.79. The van der Waals surface area contributed by atoms with Crippen LogP contribution in [0.2, 0.25) is 0 Å². The van der Waals surface area contributed by atoms with Crippen molar-refractivity contribution in [1.82, 2.24) is 10.3 Å². The molecule has 1 aromatic carbocycles. The van der Waals surface area contributed by atoms with Gasteiger partial charge in [-0.2, -0.15) is 0 Å². The highest BCUT2D eigenvalue weighted by Gasteiger charge is 2.15. The Morgan fingerprint density at radius 3 is 2.19 bits per heavy atom. The molecule has 2 aromatic rings. The van der Waals surface area contributed by atoms with Crippen molar-refractivity contribution in [1.29, 1.82) is 0 Å². The molecule has 0 aliphatic heterocycles. The number of rotatable bonds is 5. The lowest BCUT2D eigenvalue weighted by atomic mass is 9.97. The maximum Gasteiger partial charge on any atom is 0.119 e. The van der Waals surface area contributed by atoms with E-state index in [0.717, 1.165) is 17.1 Å². The summed E-state index contributed by atoms with van der Waals surface area (Å²) < 4.78 is 5.69. The van der Waals surface area contributed by atoms with Gasteiger partial charge in [-0.3, -0.25) is 4.98 Å². The first-order chi connectivity index (χ1) is 10.0. The fourth-order valence-corrected chi connectivity index (χ4v) is 2.52. The number of hydrogen-bond donors (Lipinski definition) is 1. The molecule has 0 aliphatic carbocycles. The van der Waals surface area contributed by atoms with Gasteiger partial charge < -0.3 is 10.1 Å². The molecule has 0 spiro atoms. The first-order valence-electron chi connectivity index (χ1n) is 7.39. The van der Waals surface area contributed by atoms with E-state index in [0.29, 0.717) is 0 Å². The van der Waals surface area contributed by atoms with Gasteiger partial charge in [-0.25, -0.2) is 0 Å². The van der Waals surface area contributed by atoms with E-state index in [1.165, 1.54) is 11.1 Å². The number of benzene rings is 1. The minimum absolute atomic E-state index is 0.145. The summed E-state index contributed by atoms with van der Waals surface area (Å²) in [6.45, 7) is 8.14. The summed E-state index contributed by atoms with van der Waals surface area (Å²) in [6, 6.07) is 12.6. The number of hydrogen-bond acceptors (Lipinski definition) is 3. The zero-order valence-corrected chi connectivity index (χ0v) is 13.5. The first-order valence-corrected chi connectivity index (χ1v) is 7.39. The first kappa shape index (κ1) is 15.5. The predicted molar refractivity (Wildman–Crippen MR) is 86.8 cm³/mol. The van der Waals surface area contributed by atoms with Crippen molar-refractivity contribution in [3.8, 4) is 5.75 Å². The largest absolute Gasteiger partial charge is 0.491 e.